The van der Waals surface area contributed by atoms with Crippen LogP contribution < -0.4 is 10.6 Å². The molecule has 0 bridgehead atoms. The summed E-state index contributed by atoms with van der Waals surface area (Å²) in [5.74, 6) is -0.0757. The smallest absolute Gasteiger partial charge is 0.230 e. The maximum Gasteiger partial charge on any atom is 0.230 e. The molecule has 1 aliphatic rings. The number of rotatable bonds is 3. The van der Waals surface area contributed by atoms with E-state index in [1.54, 1.807) is 12.1 Å². The summed E-state index contributed by atoms with van der Waals surface area (Å²) in [6.07, 6.45) is 2.30. The van der Waals surface area contributed by atoms with Crippen molar-refractivity contribution in [2.45, 2.75) is 53.0 Å². The molecule has 5 heteroatoms. The molecule has 2 N–H and O–H groups in total. The molecule has 1 aromatic rings. The second-order valence-corrected chi connectivity index (χ2v) is 8.11. The monoisotopic (exact) mass is 336 g/mol. The minimum atomic E-state index is -0.531. The number of hydrogen-bond acceptors (Lipinski definition) is 2. The molecule has 0 saturated heterocycles. The first-order valence-electron chi connectivity index (χ1n) is 7.94. The summed E-state index contributed by atoms with van der Waals surface area (Å²) in [7, 11) is 0. The molecule has 2 rings (SSSR count). The average Bonchev–Trinajstić information content (AvgIpc) is 2.35. The zero-order valence-corrected chi connectivity index (χ0v) is 15.0. The third-order valence-corrected chi connectivity index (χ3v) is 4.64. The Kier molecular flexibility index (Phi) is 5.04. The molecule has 0 aliphatic heterocycles. The number of hydrogen-bond donors (Lipinski definition) is 2. The molecule has 23 heavy (non-hydrogen) atoms. The molecular weight excluding hydrogens is 312 g/mol. The molecule has 1 fully saturated rings. The van der Waals surface area contributed by atoms with E-state index in [0.717, 1.165) is 12.8 Å². The highest BCUT2D eigenvalue weighted by atomic mass is 35.5. The Bertz CT molecular complexity index is 615. The Morgan fingerprint density at radius 2 is 1.91 bits per heavy atom. The van der Waals surface area contributed by atoms with Gasteiger partial charge in [-0.3, -0.25) is 9.59 Å². The molecule has 2 atom stereocenters. The van der Waals surface area contributed by atoms with Gasteiger partial charge in [-0.05, 0) is 42.9 Å². The minimum Gasteiger partial charge on any atom is -0.354 e. The van der Waals surface area contributed by atoms with E-state index in [4.69, 9.17) is 11.6 Å². The van der Waals surface area contributed by atoms with Crippen molar-refractivity contribution in [3.05, 3.63) is 29.3 Å². The summed E-state index contributed by atoms with van der Waals surface area (Å²) in [5, 5.41) is 6.54. The molecule has 2 amide bonds. The normalized spacial score (nSPS) is 26.4. The second-order valence-electron chi connectivity index (χ2n) is 7.67. The van der Waals surface area contributed by atoms with E-state index in [9.17, 15) is 9.59 Å². The van der Waals surface area contributed by atoms with Gasteiger partial charge in [0.05, 0.1) is 0 Å². The quantitative estimate of drug-likeness (QED) is 0.876. The van der Waals surface area contributed by atoms with Crippen LogP contribution in [-0.4, -0.2) is 17.9 Å². The van der Waals surface area contributed by atoms with Gasteiger partial charge in [0.25, 0.3) is 0 Å². The van der Waals surface area contributed by atoms with Crippen LogP contribution in [0.5, 0.6) is 0 Å². The SMILES string of the molecule is CC(=O)NC1CC(C)(C)CC(C)(C(=O)Nc2cccc(Cl)c2)C1. The van der Waals surface area contributed by atoms with Crippen LogP contribution in [0.15, 0.2) is 24.3 Å². The maximum absolute atomic E-state index is 12.9. The molecule has 2 unspecified atom stereocenters. The van der Waals surface area contributed by atoms with Gasteiger partial charge in [-0.25, -0.2) is 0 Å². The van der Waals surface area contributed by atoms with Gasteiger partial charge in [-0.1, -0.05) is 38.4 Å². The lowest BCUT2D eigenvalue weighted by molar-refractivity contribution is -0.131. The van der Waals surface area contributed by atoms with Crippen LogP contribution >= 0.6 is 11.6 Å². The average molecular weight is 337 g/mol. The zero-order chi connectivity index (χ0) is 17.3. The molecule has 0 spiro atoms. The van der Waals surface area contributed by atoms with Gasteiger partial charge in [0, 0.05) is 29.1 Å². The Hall–Kier alpha value is -1.55. The lowest BCUT2D eigenvalue weighted by atomic mass is 9.62. The first-order chi connectivity index (χ1) is 10.6. The van der Waals surface area contributed by atoms with Crippen LogP contribution in [0.2, 0.25) is 5.02 Å². The third-order valence-electron chi connectivity index (χ3n) is 4.40. The molecule has 4 nitrogen and oxygen atoms in total. The van der Waals surface area contributed by atoms with Crippen molar-refractivity contribution >= 4 is 29.1 Å². The van der Waals surface area contributed by atoms with Crippen LogP contribution in [0.25, 0.3) is 0 Å². The van der Waals surface area contributed by atoms with E-state index in [1.165, 1.54) is 6.92 Å². The topological polar surface area (TPSA) is 58.2 Å². The number of benzene rings is 1. The Labute approximate surface area is 143 Å². The van der Waals surface area contributed by atoms with Gasteiger partial charge in [0.1, 0.15) is 0 Å². The molecule has 0 aromatic heterocycles. The van der Waals surface area contributed by atoms with Gasteiger partial charge in [0.2, 0.25) is 11.8 Å². The van der Waals surface area contributed by atoms with Crippen molar-refractivity contribution in [3.8, 4) is 0 Å². The Morgan fingerprint density at radius 1 is 1.22 bits per heavy atom. The minimum absolute atomic E-state index is 0.00815. The molecule has 0 radical (unpaired) electrons. The first-order valence-corrected chi connectivity index (χ1v) is 8.32. The van der Waals surface area contributed by atoms with Crippen molar-refractivity contribution in [2.75, 3.05) is 5.32 Å². The van der Waals surface area contributed by atoms with Crippen molar-refractivity contribution in [1.29, 1.82) is 0 Å². The highest BCUT2D eigenvalue weighted by Gasteiger charge is 2.46. The van der Waals surface area contributed by atoms with E-state index in [1.807, 2.05) is 19.1 Å². The lowest BCUT2D eigenvalue weighted by Gasteiger charge is -2.45. The molecular formula is C18H25ClN2O2. The predicted molar refractivity (Wildman–Crippen MR) is 93.4 cm³/mol. The summed E-state index contributed by atoms with van der Waals surface area (Å²) < 4.78 is 0. The molecule has 1 saturated carbocycles. The molecule has 1 aliphatic carbocycles. The summed E-state index contributed by atoms with van der Waals surface area (Å²) >= 11 is 5.98. The third kappa shape index (κ3) is 4.71. The van der Waals surface area contributed by atoms with Gasteiger partial charge >= 0.3 is 0 Å². The van der Waals surface area contributed by atoms with E-state index < -0.39 is 5.41 Å². The zero-order valence-electron chi connectivity index (χ0n) is 14.2. The predicted octanol–water partition coefficient (Wildman–Crippen LogP) is 4.00. The number of nitrogens with one attached hydrogen (secondary N) is 2. The Balaban J connectivity index is 2.17. The lowest BCUT2D eigenvalue weighted by Crippen LogP contribution is -2.50. The van der Waals surface area contributed by atoms with Crippen molar-refractivity contribution in [3.63, 3.8) is 0 Å². The van der Waals surface area contributed by atoms with E-state index in [-0.39, 0.29) is 23.3 Å². The summed E-state index contributed by atoms with van der Waals surface area (Å²) in [4.78, 5) is 24.3. The van der Waals surface area contributed by atoms with Crippen molar-refractivity contribution in [2.24, 2.45) is 10.8 Å². The van der Waals surface area contributed by atoms with Gasteiger partial charge in [0.15, 0.2) is 0 Å². The van der Waals surface area contributed by atoms with Gasteiger partial charge < -0.3 is 10.6 Å². The van der Waals surface area contributed by atoms with Crippen LogP contribution in [0, 0.1) is 10.8 Å². The van der Waals surface area contributed by atoms with Crippen LogP contribution in [0.4, 0.5) is 5.69 Å². The van der Waals surface area contributed by atoms with E-state index >= 15 is 0 Å². The number of carbonyl (C=O) groups excluding carboxylic acids is 2. The first kappa shape index (κ1) is 17.8. The highest BCUT2D eigenvalue weighted by Crippen LogP contribution is 2.46. The highest BCUT2D eigenvalue weighted by molar-refractivity contribution is 6.30. The van der Waals surface area contributed by atoms with Crippen molar-refractivity contribution in [1.82, 2.24) is 5.32 Å². The van der Waals surface area contributed by atoms with Crippen LogP contribution in [0.1, 0.15) is 47.0 Å². The standard InChI is InChI=1S/C18H25ClN2O2/c1-12(22)20-15-9-17(2,3)11-18(4,10-15)16(23)21-14-7-5-6-13(19)8-14/h5-8,15H,9-11H2,1-4H3,(H,20,22)(H,21,23). The summed E-state index contributed by atoms with van der Waals surface area (Å²) in [6, 6.07) is 7.17. The maximum atomic E-state index is 12.9. The Morgan fingerprint density at radius 3 is 2.52 bits per heavy atom. The second kappa shape index (κ2) is 6.52. The van der Waals surface area contributed by atoms with Crippen LogP contribution in [0.3, 0.4) is 0 Å². The fourth-order valence-electron chi connectivity index (χ4n) is 3.89. The van der Waals surface area contributed by atoms with Crippen LogP contribution in [-0.2, 0) is 9.59 Å². The van der Waals surface area contributed by atoms with Crippen molar-refractivity contribution < 1.29 is 9.59 Å². The number of amides is 2. The summed E-state index contributed by atoms with van der Waals surface area (Å²) in [5.41, 5.74) is 0.159. The number of carbonyl (C=O) groups is 2. The fraction of sp³-hybridized carbons (Fsp3) is 0.556. The molecule has 126 valence electrons. The van der Waals surface area contributed by atoms with Gasteiger partial charge in [-0.15, -0.1) is 0 Å². The largest absolute Gasteiger partial charge is 0.354 e. The number of anilines is 1. The summed E-state index contributed by atoms with van der Waals surface area (Å²) in [6.45, 7) is 7.78. The number of halogens is 1. The van der Waals surface area contributed by atoms with Gasteiger partial charge in [-0.2, -0.15) is 0 Å². The fourth-order valence-corrected chi connectivity index (χ4v) is 4.08. The van der Waals surface area contributed by atoms with E-state index in [0.29, 0.717) is 17.1 Å². The molecule has 0 heterocycles. The molecule has 1 aromatic carbocycles. The van der Waals surface area contributed by atoms with E-state index in [2.05, 4.69) is 24.5 Å².